The van der Waals surface area contributed by atoms with E-state index in [-0.39, 0.29) is 5.41 Å². The molecule has 0 fully saturated rings. The molecule has 1 aromatic carbocycles. The molecule has 0 amide bonds. The Balaban J connectivity index is 3.00. The van der Waals surface area contributed by atoms with Crippen molar-refractivity contribution in [3.63, 3.8) is 0 Å². The van der Waals surface area contributed by atoms with Crippen LogP contribution in [0.15, 0.2) is 24.3 Å². The molecule has 0 radical (unpaired) electrons. The Kier molecular flexibility index (Phi) is 4.60. The Labute approximate surface area is 107 Å². The van der Waals surface area contributed by atoms with Gasteiger partial charge in [-0.2, -0.15) is 0 Å². The van der Waals surface area contributed by atoms with E-state index in [4.69, 9.17) is 5.73 Å². The zero-order chi connectivity index (χ0) is 12.2. The summed E-state index contributed by atoms with van der Waals surface area (Å²) in [5.74, 6) is 0. The van der Waals surface area contributed by atoms with Gasteiger partial charge in [0.15, 0.2) is 0 Å². The van der Waals surface area contributed by atoms with Crippen molar-refractivity contribution >= 4 is 27.7 Å². The standard InChI is InChI=1S/C14H20BrN/c1-14(2,3)12-7-8-13(16)11(10-12)6-4-5-9-15/h4,6-8,10H,5,9,16H2,1-3H3. The summed E-state index contributed by atoms with van der Waals surface area (Å²) < 4.78 is 0. The second-order valence-corrected chi connectivity index (χ2v) is 5.77. The Bertz CT molecular complexity index is 375. The molecule has 16 heavy (non-hydrogen) atoms. The van der Waals surface area contributed by atoms with Crippen LogP contribution in [0, 0.1) is 0 Å². The normalized spacial score (nSPS) is 12.2. The molecule has 0 saturated carbocycles. The van der Waals surface area contributed by atoms with Crippen molar-refractivity contribution in [1.82, 2.24) is 0 Å². The first kappa shape index (κ1) is 13.3. The van der Waals surface area contributed by atoms with Gasteiger partial charge in [0.05, 0.1) is 0 Å². The number of nitrogen functional groups attached to an aromatic ring is 1. The molecule has 0 unspecified atom stereocenters. The smallest absolute Gasteiger partial charge is 0.0387 e. The van der Waals surface area contributed by atoms with E-state index in [1.807, 2.05) is 6.07 Å². The van der Waals surface area contributed by atoms with Crippen LogP contribution in [0.1, 0.15) is 38.3 Å². The number of halogens is 1. The molecule has 1 aromatic rings. The van der Waals surface area contributed by atoms with E-state index in [0.29, 0.717) is 0 Å². The number of allylic oxidation sites excluding steroid dienone is 1. The van der Waals surface area contributed by atoms with Crippen molar-refractivity contribution in [1.29, 1.82) is 0 Å². The lowest BCUT2D eigenvalue weighted by atomic mass is 9.86. The summed E-state index contributed by atoms with van der Waals surface area (Å²) in [4.78, 5) is 0. The molecule has 0 aliphatic rings. The van der Waals surface area contributed by atoms with Gasteiger partial charge in [0.2, 0.25) is 0 Å². The van der Waals surface area contributed by atoms with E-state index >= 15 is 0 Å². The highest BCUT2D eigenvalue weighted by molar-refractivity contribution is 9.09. The molecule has 0 atom stereocenters. The van der Waals surface area contributed by atoms with E-state index in [1.165, 1.54) is 5.56 Å². The van der Waals surface area contributed by atoms with E-state index in [0.717, 1.165) is 23.0 Å². The molecular weight excluding hydrogens is 262 g/mol. The molecule has 0 aromatic heterocycles. The maximum atomic E-state index is 5.95. The fourth-order valence-electron chi connectivity index (χ4n) is 1.46. The van der Waals surface area contributed by atoms with Gasteiger partial charge in [-0.05, 0) is 35.1 Å². The van der Waals surface area contributed by atoms with Gasteiger partial charge in [0.1, 0.15) is 0 Å². The van der Waals surface area contributed by atoms with Gasteiger partial charge in [-0.15, -0.1) is 0 Å². The van der Waals surface area contributed by atoms with Gasteiger partial charge in [-0.3, -0.25) is 0 Å². The second-order valence-electron chi connectivity index (χ2n) is 4.97. The van der Waals surface area contributed by atoms with Crippen LogP contribution in [0.2, 0.25) is 0 Å². The molecule has 2 N–H and O–H groups in total. The van der Waals surface area contributed by atoms with Crippen LogP contribution < -0.4 is 5.73 Å². The van der Waals surface area contributed by atoms with E-state index in [9.17, 15) is 0 Å². The van der Waals surface area contributed by atoms with Crippen LogP contribution in [0.5, 0.6) is 0 Å². The molecular formula is C14H20BrN. The van der Waals surface area contributed by atoms with Crippen molar-refractivity contribution in [3.05, 3.63) is 35.4 Å². The Morgan fingerprint density at radius 3 is 2.56 bits per heavy atom. The molecule has 1 rings (SSSR count). The summed E-state index contributed by atoms with van der Waals surface area (Å²) in [7, 11) is 0. The summed E-state index contributed by atoms with van der Waals surface area (Å²) in [6.45, 7) is 6.64. The van der Waals surface area contributed by atoms with E-state index in [2.05, 4.69) is 61.0 Å². The number of hydrogen-bond donors (Lipinski definition) is 1. The Morgan fingerprint density at radius 2 is 2.00 bits per heavy atom. The molecule has 0 bridgehead atoms. The quantitative estimate of drug-likeness (QED) is 0.646. The molecule has 0 heterocycles. The average molecular weight is 282 g/mol. The van der Waals surface area contributed by atoms with Crippen molar-refractivity contribution in [3.8, 4) is 0 Å². The summed E-state index contributed by atoms with van der Waals surface area (Å²) >= 11 is 3.41. The molecule has 88 valence electrons. The largest absolute Gasteiger partial charge is 0.398 e. The zero-order valence-corrected chi connectivity index (χ0v) is 11.8. The highest BCUT2D eigenvalue weighted by Crippen LogP contribution is 2.26. The van der Waals surface area contributed by atoms with Crippen LogP contribution in [0.4, 0.5) is 5.69 Å². The SMILES string of the molecule is CC(C)(C)c1ccc(N)c(C=CCCBr)c1. The van der Waals surface area contributed by atoms with Crippen molar-refractivity contribution in [2.24, 2.45) is 0 Å². The lowest BCUT2D eigenvalue weighted by Gasteiger charge is -2.20. The topological polar surface area (TPSA) is 26.0 Å². The highest BCUT2D eigenvalue weighted by Gasteiger charge is 2.13. The highest BCUT2D eigenvalue weighted by atomic mass is 79.9. The summed E-state index contributed by atoms with van der Waals surface area (Å²) in [5.41, 5.74) is 9.41. The first-order valence-electron chi connectivity index (χ1n) is 5.57. The lowest BCUT2D eigenvalue weighted by molar-refractivity contribution is 0.590. The number of benzene rings is 1. The van der Waals surface area contributed by atoms with Crippen LogP contribution in [0.3, 0.4) is 0 Å². The average Bonchev–Trinajstić information content (AvgIpc) is 2.19. The van der Waals surface area contributed by atoms with Crippen LogP contribution >= 0.6 is 15.9 Å². The molecule has 0 spiro atoms. The molecule has 0 aliphatic heterocycles. The zero-order valence-electron chi connectivity index (χ0n) is 10.3. The summed E-state index contributed by atoms with van der Waals surface area (Å²) in [6, 6.07) is 6.28. The monoisotopic (exact) mass is 281 g/mol. The first-order valence-corrected chi connectivity index (χ1v) is 6.70. The van der Waals surface area contributed by atoms with Gasteiger partial charge >= 0.3 is 0 Å². The summed E-state index contributed by atoms with van der Waals surface area (Å²) in [6.07, 6.45) is 5.28. The third-order valence-electron chi connectivity index (χ3n) is 2.53. The third kappa shape index (κ3) is 3.67. The molecule has 0 aliphatic carbocycles. The maximum Gasteiger partial charge on any atom is 0.0387 e. The Morgan fingerprint density at radius 1 is 1.31 bits per heavy atom. The molecule has 0 saturated heterocycles. The van der Waals surface area contributed by atoms with Crippen molar-refractivity contribution in [2.75, 3.05) is 11.1 Å². The van der Waals surface area contributed by atoms with E-state index in [1.54, 1.807) is 0 Å². The first-order chi connectivity index (χ1) is 7.45. The molecule has 1 nitrogen and oxygen atoms in total. The minimum Gasteiger partial charge on any atom is -0.398 e. The van der Waals surface area contributed by atoms with Gasteiger partial charge < -0.3 is 5.73 Å². The third-order valence-corrected chi connectivity index (χ3v) is 2.98. The number of anilines is 1. The number of hydrogen-bond acceptors (Lipinski definition) is 1. The predicted octanol–water partition coefficient (Wildman–Crippen LogP) is 4.36. The lowest BCUT2D eigenvalue weighted by Crippen LogP contribution is -2.11. The minimum absolute atomic E-state index is 0.172. The van der Waals surface area contributed by atoms with Gasteiger partial charge in [0, 0.05) is 11.0 Å². The number of alkyl halides is 1. The van der Waals surface area contributed by atoms with Gasteiger partial charge in [0.25, 0.3) is 0 Å². The van der Waals surface area contributed by atoms with Crippen molar-refractivity contribution in [2.45, 2.75) is 32.6 Å². The number of rotatable bonds is 3. The second kappa shape index (κ2) is 5.53. The molecule has 2 heteroatoms. The van der Waals surface area contributed by atoms with Crippen LogP contribution in [-0.4, -0.2) is 5.33 Å². The Hall–Kier alpha value is -0.760. The van der Waals surface area contributed by atoms with Crippen LogP contribution in [-0.2, 0) is 5.41 Å². The van der Waals surface area contributed by atoms with Gasteiger partial charge in [-0.25, -0.2) is 0 Å². The van der Waals surface area contributed by atoms with Crippen LogP contribution in [0.25, 0.3) is 6.08 Å². The predicted molar refractivity (Wildman–Crippen MR) is 77.0 cm³/mol. The maximum absolute atomic E-state index is 5.95. The number of nitrogens with two attached hydrogens (primary N) is 1. The fourth-order valence-corrected chi connectivity index (χ4v) is 1.72. The van der Waals surface area contributed by atoms with Crippen molar-refractivity contribution < 1.29 is 0 Å². The van der Waals surface area contributed by atoms with E-state index < -0.39 is 0 Å². The van der Waals surface area contributed by atoms with Gasteiger partial charge in [-0.1, -0.05) is 54.9 Å². The minimum atomic E-state index is 0.172. The fraction of sp³-hybridized carbons (Fsp3) is 0.429. The summed E-state index contributed by atoms with van der Waals surface area (Å²) in [5, 5.41) is 0.988.